The number of aromatic nitrogens is 2. The van der Waals surface area contributed by atoms with Gasteiger partial charge in [-0.1, -0.05) is 81.0 Å². The first-order chi connectivity index (χ1) is 38.5. The van der Waals surface area contributed by atoms with E-state index in [1.807, 2.05) is 60.4 Å². The molecule has 18 heteroatoms. The predicted molar refractivity (Wildman–Crippen MR) is 302 cm³/mol. The topological polar surface area (TPSA) is 207 Å². The van der Waals surface area contributed by atoms with Crippen LogP contribution < -0.4 is 36.3 Å². The van der Waals surface area contributed by atoms with Crippen molar-refractivity contribution in [2.45, 2.75) is 109 Å². The minimum atomic E-state index is -0.622. The molecule has 5 amide bonds. The van der Waals surface area contributed by atoms with Crippen molar-refractivity contribution >= 4 is 40.3 Å². The minimum Gasteiger partial charge on any atom is -0.497 e. The molecule has 3 fully saturated rings. The van der Waals surface area contributed by atoms with E-state index >= 15 is 4.39 Å². The molecule has 1 aliphatic carbocycles. The van der Waals surface area contributed by atoms with E-state index in [1.54, 1.807) is 47.2 Å². The number of likely N-dealkylation sites (tertiary alicyclic amines) is 1. The number of nitrogens with zero attached hydrogens (tertiary/aromatic N) is 4. The number of carbonyl (C=O) groups excluding carboxylic acids is 5. The molecule has 0 spiro atoms. The molecule has 5 N–H and O–H groups in total. The van der Waals surface area contributed by atoms with E-state index < -0.39 is 17.8 Å². The summed E-state index contributed by atoms with van der Waals surface area (Å²) >= 11 is 0. The second-order valence-electron chi connectivity index (χ2n) is 21.1. The van der Waals surface area contributed by atoms with Crippen LogP contribution in [0.15, 0.2) is 89.7 Å². The quantitative estimate of drug-likeness (QED) is 0.0381. The fraction of sp³-hybridized carbons (Fsp3) is 0.492. The fourth-order valence-electron chi connectivity index (χ4n) is 11.2. The number of carbonyl (C=O) groups is 5. The molecule has 3 heterocycles. The summed E-state index contributed by atoms with van der Waals surface area (Å²) in [6, 6.07) is 24.3. The Hall–Kier alpha value is -7.18. The summed E-state index contributed by atoms with van der Waals surface area (Å²) in [5.41, 5.74) is 3.45. The standard InChI is InChI=1S/C61H78FN9O8/c1-3-79-54-37-48(78-2)25-24-46(54)38-64-40-56(73)71-29-15-20-47(41-71)44-18-14-19-45(36-44)58(74)66-57(43-16-8-7-9-17-43)60(76)65-28-13-6-4-5-12-27-63-39-55(72)69-30-32-70(33-31-69)61(77)51-34-42(23-26-52(51)62)35-53-49-21-10-11-22-50(49)59(75)68-67-53/h10-11,14,18-19,21-26,34,36-37,43,47,57,63-64H,3-9,12-13,15-17,20,27-33,35,38-41H2,1-2H3,(H,65,76)(H,66,74)(H,68,75)/t47?,57-/m1/s1. The Balaban J connectivity index is 0.707. The maximum Gasteiger partial charge on any atom is 0.272 e. The van der Waals surface area contributed by atoms with E-state index in [9.17, 15) is 28.8 Å². The highest BCUT2D eigenvalue weighted by molar-refractivity contribution is 5.98. The molecule has 1 unspecified atom stereocenters. The van der Waals surface area contributed by atoms with Crippen molar-refractivity contribution in [3.63, 3.8) is 0 Å². The number of piperidine rings is 1. The summed E-state index contributed by atoms with van der Waals surface area (Å²) < 4.78 is 26.2. The number of nitrogens with one attached hydrogen (secondary N) is 5. The number of unbranched alkanes of at least 4 members (excludes halogenated alkanes) is 4. The Kier molecular flexibility index (Phi) is 21.4. The van der Waals surface area contributed by atoms with Crippen LogP contribution in [0.2, 0.25) is 0 Å². The third-order valence-corrected chi connectivity index (χ3v) is 15.7. The largest absolute Gasteiger partial charge is 0.497 e. The molecule has 2 aliphatic heterocycles. The monoisotopic (exact) mass is 1080 g/mol. The van der Waals surface area contributed by atoms with Crippen LogP contribution in [0.3, 0.4) is 0 Å². The smallest absolute Gasteiger partial charge is 0.272 e. The van der Waals surface area contributed by atoms with Gasteiger partial charge in [-0.05, 0) is 105 Å². The fourth-order valence-corrected chi connectivity index (χ4v) is 11.2. The normalized spacial score (nSPS) is 16.3. The van der Waals surface area contributed by atoms with Crippen LogP contribution in [-0.4, -0.2) is 140 Å². The van der Waals surface area contributed by atoms with Gasteiger partial charge in [0.2, 0.25) is 17.7 Å². The molecule has 5 aromatic rings. The number of benzene rings is 4. The molecule has 8 rings (SSSR count). The first-order valence-corrected chi connectivity index (χ1v) is 28.5. The van der Waals surface area contributed by atoms with Gasteiger partial charge in [-0.25, -0.2) is 9.49 Å². The second-order valence-corrected chi connectivity index (χ2v) is 21.1. The van der Waals surface area contributed by atoms with E-state index in [2.05, 4.69) is 31.5 Å². The van der Waals surface area contributed by atoms with Crippen LogP contribution in [0.4, 0.5) is 4.39 Å². The molecule has 2 atom stereocenters. The van der Waals surface area contributed by atoms with Gasteiger partial charge in [0.05, 0.1) is 43.4 Å². The van der Waals surface area contributed by atoms with Crippen molar-refractivity contribution < 1.29 is 37.8 Å². The van der Waals surface area contributed by atoms with E-state index in [0.717, 1.165) is 93.9 Å². The number of amides is 5. The molecule has 1 aromatic heterocycles. The number of fused-ring (bicyclic) bond motifs is 1. The van der Waals surface area contributed by atoms with Crippen LogP contribution in [0.5, 0.6) is 11.5 Å². The molecule has 79 heavy (non-hydrogen) atoms. The molecule has 0 radical (unpaired) electrons. The van der Waals surface area contributed by atoms with Gasteiger partial charge in [0, 0.05) is 87.3 Å². The number of rotatable bonds is 25. The maximum absolute atomic E-state index is 15.0. The lowest BCUT2D eigenvalue weighted by molar-refractivity contribution is -0.132. The lowest BCUT2D eigenvalue weighted by Crippen LogP contribution is -2.52. The summed E-state index contributed by atoms with van der Waals surface area (Å²) in [5.74, 6) is 0.133. The zero-order valence-electron chi connectivity index (χ0n) is 45.9. The third-order valence-electron chi connectivity index (χ3n) is 15.7. The number of piperazine rings is 1. The highest BCUT2D eigenvalue weighted by Gasteiger charge is 2.32. The summed E-state index contributed by atoms with van der Waals surface area (Å²) in [4.78, 5) is 85.1. The second kappa shape index (κ2) is 29.2. The van der Waals surface area contributed by atoms with Gasteiger partial charge < -0.3 is 45.4 Å². The first kappa shape index (κ1) is 58.0. The molecule has 2 saturated heterocycles. The summed E-state index contributed by atoms with van der Waals surface area (Å²) in [6.45, 7) is 7.09. The first-order valence-electron chi connectivity index (χ1n) is 28.5. The number of hydrogen-bond acceptors (Lipinski definition) is 11. The molecule has 0 bridgehead atoms. The van der Waals surface area contributed by atoms with Crippen LogP contribution in [0, 0.1) is 11.7 Å². The molecular weight excluding hydrogens is 1010 g/mol. The van der Waals surface area contributed by atoms with Crippen molar-refractivity contribution in [1.82, 2.24) is 46.2 Å². The zero-order chi connectivity index (χ0) is 55.5. The van der Waals surface area contributed by atoms with Gasteiger partial charge in [0.25, 0.3) is 17.4 Å². The maximum atomic E-state index is 15.0. The van der Waals surface area contributed by atoms with Crippen molar-refractivity contribution in [1.29, 1.82) is 0 Å². The highest BCUT2D eigenvalue weighted by atomic mass is 19.1. The van der Waals surface area contributed by atoms with Crippen molar-refractivity contribution in [2.24, 2.45) is 5.92 Å². The van der Waals surface area contributed by atoms with Gasteiger partial charge in [0.1, 0.15) is 23.4 Å². The van der Waals surface area contributed by atoms with Gasteiger partial charge in [-0.3, -0.25) is 28.8 Å². The molecule has 1 saturated carbocycles. The summed E-state index contributed by atoms with van der Waals surface area (Å²) in [5, 5.41) is 20.8. The van der Waals surface area contributed by atoms with Crippen LogP contribution in [-0.2, 0) is 27.3 Å². The summed E-state index contributed by atoms with van der Waals surface area (Å²) in [6.07, 6.45) is 11.7. The number of hydrogen-bond donors (Lipinski definition) is 5. The van der Waals surface area contributed by atoms with Crippen molar-refractivity contribution in [2.75, 3.05) is 79.2 Å². The van der Waals surface area contributed by atoms with E-state index in [-0.39, 0.29) is 59.7 Å². The molecule has 422 valence electrons. The van der Waals surface area contributed by atoms with Crippen molar-refractivity contribution in [3.05, 3.63) is 135 Å². The lowest BCUT2D eigenvalue weighted by Gasteiger charge is -2.35. The van der Waals surface area contributed by atoms with E-state index in [4.69, 9.17) is 9.47 Å². The molecule has 4 aromatic carbocycles. The average molecular weight is 1080 g/mol. The zero-order valence-corrected chi connectivity index (χ0v) is 45.9. The minimum absolute atomic E-state index is 0.0295. The van der Waals surface area contributed by atoms with Crippen LogP contribution in [0.1, 0.15) is 133 Å². The Bertz CT molecular complexity index is 2940. The molecule has 17 nitrogen and oxygen atoms in total. The SMILES string of the molecule is CCOc1cc(OC)ccc1CNCC(=O)N1CCCC(c2cccc(C(=O)N[C@@H](C(=O)NCCCCCCCNCC(=O)N3CCN(C(=O)c4cc(Cc5n[nH]c(=O)c6ccccc56)ccc4F)CC3)C3CCCCC3)c2)C1. The Morgan fingerprint density at radius 3 is 2.27 bits per heavy atom. The average Bonchev–Trinajstić information content (AvgIpc) is 3.49. The number of methoxy groups -OCH3 is 1. The van der Waals surface area contributed by atoms with Gasteiger partial charge in [0.15, 0.2) is 0 Å². The van der Waals surface area contributed by atoms with Gasteiger partial charge in [-0.2, -0.15) is 5.10 Å². The van der Waals surface area contributed by atoms with Crippen LogP contribution >= 0.6 is 0 Å². The van der Waals surface area contributed by atoms with E-state index in [1.165, 1.54) is 6.07 Å². The Labute approximate surface area is 462 Å². The summed E-state index contributed by atoms with van der Waals surface area (Å²) in [7, 11) is 1.62. The number of halogens is 1. The van der Waals surface area contributed by atoms with Gasteiger partial charge >= 0.3 is 0 Å². The van der Waals surface area contributed by atoms with E-state index in [0.29, 0.717) is 105 Å². The predicted octanol–water partition coefficient (Wildman–Crippen LogP) is 6.88. The highest BCUT2D eigenvalue weighted by Crippen LogP contribution is 2.30. The number of aromatic amines is 1. The number of ether oxygens (including phenoxy) is 2. The number of H-pyrrole nitrogens is 1. The molecule has 3 aliphatic rings. The Morgan fingerprint density at radius 1 is 0.747 bits per heavy atom. The molecular formula is C61H78FN9O8. The van der Waals surface area contributed by atoms with Crippen LogP contribution in [0.25, 0.3) is 10.8 Å². The Morgan fingerprint density at radius 2 is 1.48 bits per heavy atom. The van der Waals surface area contributed by atoms with Crippen molar-refractivity contribution in [3.8, 4) is 11.5 Å². The lowest BCUT2D eigenvalue weighted by atomic mass is 9.83. The van der Waals surface area contributed by atoms with Gasteiger partial charge in [-0.15, -0.1) is 0 Å². The third kappa shape index (κ3) is 16.0.